The van der Waals surface area contributed by atoms with Gasteiger partial charge in [0, 0.05) is 18.4 Å². The first-order chi connectivity index (χ1) is 17.0. The quantitative estimate of drug-likeness (QED) is 0.362. The number of ether oxygens (including phenoxy) is 3. The van der Waals surface area contributed by atoms with Crippen molar-refractivity contribution in [2.45, 2.75) is 19.4 Å². The Hall–Kier alpha value is -4.33. The minimum Gasteiger partial charge on any atom is -0.473 e. The predicted octanol–water partition coefficient (Wildman–Crippen LogP) is 3.74. The highest BCUT2D eigenvalue weighted by atomic mass is 16.5. The van der Waals surface area contributed by atoms with Crippen molar-refractivity contribution in [3.63, 3.8) is 0 Å². The van der Waals surface area contributed by atoms with Crippen LogP contribution in [0.5, 0.6) is 5.75 Å². The molecule has 8 nitrogen and oxygen atoms in total. The van der Waals surface area contributed by atoms with E-state index >= 15 is 0 Å². The number of fused-ring (bicyclic) bond motifs is 3. The van der Waals surface area contributed by atoms with Crippen LogP contribution in [0.25, 0.3) is 11.1 Å². The summed E-state index contributed by atoms with van der Waals surface area (Å²) in [5, 5.41) is 5.02. The minimum absolute atomic E-state index is 0.0533. The molecule has 0 aromatic heterocycles. The molecule has 0 aliphatic heterocycles. The summed E-state index contributed by atoms with van der Waals surface area (Å²) in [6, 6.07) is 23.2. The molecule has 35 heavy (non-hydrogen) atoms. The molecule has 1 aliphatic rings. The van der Waals surface area contributed by atoms with Gasteiger partial charge in [-0.3, -0.25) is 9.59 Å². The fourth-order valence-electron chi connectivity index (χ4n) is 4.00. The van der Waals surface area contributed by atoms with Gasteiger partial charge in [0.2, 0.25) is 5.91 Å². The molecule has 4 rings (SSSR count). The van der Waals surface area contributed by atoms with Crippen LogP contribution in [-0.2, 0) is 25.7 Å². The molecular weight excluding hydrogens is 448 g/mol. The number of hydrogen-bond donors (Lipinski definition) is 2. The van der Waals surface area contributed by atoms with Crippen molar-refractivity contribution in [2.75, 3.05) is 19.9 Å². The third kappa shape index (κ3) is 5.97. The maximum Gasteiger partial charge on any atom is 0.407 e. The highest BCUT2D eigenvalue weighted by molar-refractivity contribution is 5.82. The maximum atomic E-state index is 12.2. The van der Waals surface area contributed by atoms with E-state index in [1.807, 2.05) is 36.4 Å². The molecule has 3 aromatic carbocycles. The van der Waals surface area contributed by atoms with Gasteiger partial charge in [0.25, 0.3) is 0 Å². The molecule has 0 heterocycles. The Labute approximate surface area is 203 Å². The smallest absolute Gasteiger partial charge is 0.407 e. The average Bonchev–Trinajstić information content (AvgIpc) is 3.19. The van der Waals surface area contributed by atoms with Crippen LogP contribution < -0.4 is 15.4 Å². The Kier molecular flexibility index (Phi) is 7.62. The Bertz CT molecular complexity index is 1180. The minimum atomic E-state index is -0.672. The van der Waals surface area contributed by atoms with Gasteiger partial charge in [0.05, 0.1) is 0 Å². The third-order valence-electron chi connectivity index (χ3n) is 5.64. The molecule has 0 unspecified atom stereocenters. The summed E-state index contributed by atoms with van der Waals surface area (Å²) in [6.45, 7) is 1.21. The summed E-state index contributed by atoms with van der Waals surface area (Å²) >= 11 is 0. The molecule has 2 amide bonds. The van der Waals surface area contributed by atoms with Gasteiger partial charge in [0.1, 0.15) is 25.5 Å². The zero-order chi connectivity index (χ0) is 24.6. The first-order valence-electron chi connectivity index (χ1n) is 11.2. The normalized spacial score (nSPS) is 11.7. The maximum absolute atomic E-state index is 12.2. The molecule has 0 saturated heterocycles. The molecule has 3 aromatic rings. The average molecular weight is 475 g/mol. The lowest BCUT2D eigenvalue weighted by molar-refractivity contribution is -0.142. The Morgan fingerprint density at radius 3 is 2.11 bits per heavy atom. The molecule has 0 fully saturated rings. The van der Waals surface area contributed by atoms with Crippen molar-refractivity contribution in [1.82, 2.24) is 10.6 Å². The monoisotopic (exact) mass is 474 g/mol. The third-order valence-corrected chi connectivity index (χ3v) is 5.64. The van der Waals surface area contributed by atoms with Crippen LogP contribution in [0.1, 0.15) is 29.5 Å². The number of esters is 1. The molecule has 180 valence electrons. The molecule has 0 bridgehead atoms. The second kappa shape index (κ2) is 11.2. The van der Waals surface area contributed by atoms with Crippen molar-refractivity contribution in [3.05, 3.63) is 89.5 Å². The summed E-state index contributed by atoms with van der Waals surface area (Å²) in [7, 11) is 0. The second-order valence-corrected chi connectivity index (χ2v) is 7.96. The number of amides is 2. The van der Waals surface area contributed by atoms with E-state index in [1.54, 1.807) is 24.3 Å². The van der Waals surface area contributed by atoms with Crippen LogP contribution in [0, 0.1) is 0 Å². The number of hydrogen-bond acceptors (Lipinski definition) is 6. The van der Waals surface area contributed by atoms with E-state index in [2.05, 4.69) is 22.8 Å². The SMILES string of the molecule is CC(=O)OCc1ccccc1OCNC(=O)CNC(=O)OCC1c2ccccc2-c2ccccc21. The fourth-order valence-corrected chi connectivity index (χ4v) is 4.00. The van der Waals surface area contributed by atoms with Gasteiger partial charge in [-0.15, -0.1) is 0 Å². The van der Waals surface area contributed by atoms with E-state index in [-0.39, 0.29) is 32.4 Å². The van der Waals surface area contributed by atoms with E-state index < -0.39 is 18.0 Å². The first-order valence-corrected chi connectivity index (χ1v) is 11.2. The van der Waals surface area contributed by atoms with Crippen LogP contribution >= 0.6 is 0 Å². The second-order valence-electron chi connectivity index (χ2n) is 7.96. The highest BCUT2D eigenvalue weighted by Gasteiger charge is 2.29. The van der Waals surface area contributed by atoms with Gasteiger partial charge in [-0.1, -0.05) is 66.7 Å². The topological polar surface area (TPSA) is 103 Å². The molecule has 0 saturated carbocycles. The molecule has 0 radical (unpaired) electrons. The zero-order valence-corrected chi connectivity index (χ0v) is 19.3. The number of carbonyl (C=O) groups is 3. The van der Waals surface area contributed by atoms with Crippen LogP contribution in [0.15, 0.2) is 72.8 Å². The molecule has 8 heteroatoms. The van der Waals surface area contributed by atoms with Gasteiger partial charge in [-0.05, 0) is 28.3 Å². The van der Waals surface area contributed by atoms with E-state index in [0.29, 0.717) is 11.3 Å². The summed E-state index contributed by atoms with van der Waals surface area (Å²) < 4.78 is 16.0. The van der Waals surface area contributed by atoms with Crippen molar-refractivity contribution in [1.29, 1.82) is 0 Å². The zero-order valence-electron chi connectivity index (χ0n) is 19.3. The number of alkyl carbamates (subject to hydrolysis) is 1. The van der Waals surface area contributed by atoms with Gasteiger partial charge in [0.15, 0.2) is 6.73 Å². The number of benzene rings is 3. The predicted molar refractivity (Wildman–Crippen MR) is 129 cm³/mol. The van der Waals surface area contributed by atoms with Crippen LogP contribution in [0.3, 0.4) is 0 Å². The lowest BCUT2D eigenvalue weighted by Crippen LogP contribution is -2.39. The van der Waals surface area contributed by atoms with Gasteiger partial charge >= 0.3 is 12.1 Å². The van der Waals surface area contributed by atoms with Gasteiger partial charge in [-0.2, -0.15) is 0 Å². The van der Waals surface area contributed by atoms with Gasteiger partial charge in [-0.25, -0.2) is 4.79 Å². The summed E-state index contributed by atoms with van der Waals surface area (Å²) in [5.74, 6) is -0.399. The Morgan fingerprint density at radius 2 is 1.43 bits per heavy atom. The van der Waals surface area contributed by atoms with E-state index in [4.69, 9.17) is 14.2 Å². The molecule has 0 spiro atoms. The van der Waals surface area contributed by atoms with Crippen LogP contribution in [-0.4, -0.2) is 37.9 Å². The van der Waals surface area contributed by atoms with Crippen molar-refractivity contribution in [3.8, 4) is 16.9 Å². The molecule has 1 aliphatic carbocycles. The van der Waals surface area contributed by atoms with Crippen molar-refractivity contribution >= 4 is 18.0 Å². The summed E-state index contributed by atoms with van der Waals surface area (Å²) in [5.41, 5.74) is 5.20. The Balaban J connectivity index is 1.21. The van der Waals surface area contributed by atoms with Crippen LogP contribution in [0.4, 0.5) is 4.79 Å². The fraction of sp³-hybridized carbons (Fsp3) is 0.222. The van der Waals surface area contributed by atoms with E-state index in [0.717, 1.165) is 22.3 Å². The molecule has 2 N–H and O–H groups in total. The lowest BCUT2D eigenvalue weighted by atomic mass is 9.98. The van der Waals surface area contributed by atoms with Crippen molar-refractivity contribution in [2.24, 2.45) is 0 Å². The standard InChI is InChI=1S/C27H26N2O6/c1-18(30)33-15-19-8-2-7-13-25(19)35-17-29-26(31)14-28-27(32)34-16-24-22-11-5-3-9-20(22)21-10-4-6-12-23(21)24/h2-13,24H,14-17H2,1H3,(H,28,32)(H,29,31). The largest absolute Gasteiger partial charge is 0.473 e. The number of carbonyl (C=O) groups excluding carboxylic acids is 3. The van der Waals surface area contributed by atoms with E-state index in [1.165, 1.54) is 6.92 Å². The summed E-state index contributed by atoms with van der Waals surface area (Å²) in [4.78, 5) is 35.3. The number of para-hydroxylation sites is 1. The van der Waals surface area contributed by atoms with E-state index in [9.17, 15) is 14.4 Å². The Morgan fingerprint density at radius 1 is 0.800 bits per heavy atom. The summed E-state index contributed by atoms with van der Waals surface area (Å²) in [6.07, 6.45) is -0.672. The lowest BCUT2D eigenvalue weighted by Gasteiger charge is -2.15. The first kappa shape index (κ1) is 23.8. The highest BCUT2D eigenvalue weighted by Crippen LogP contribution is 2.44. The molecular formula is C27H26N2O6. The van der Waals surface area contributed by atoms with Gasteiger partial charge < -0.3 is 24.8 Å². The number of rotatable bonds is 9. The van der Waals surface area contributed by atoms with Crippen molar-refractivity contribution < 1.29 is 28.6 Å². The molecule has 0 atom stereocenters. The number of nitrogens with one attached hydrogen (secondary N) is 2. The van der Waals surface area contributed by atoms with Crippen LogP contribution in [0.2, 0.25) is 0 Å².